The molecule has 0 bridgehead atoms. The number of oxime groups is 1. The molecule has 1 aromatic heterocycles. The minimum absolute atomic E-state index is 0.0204. The SMILES string of the molecule is CN=S(C)(CCN(C)c1nonc1/C(=N/O)Nc1ccc(F)c(Br)c1)=NC. The van der Waals surface area contributed by atoms with E-state index in [1.807, 2.05) is 18.2 Å². The second-order valence-electron chi connectivity index (χ2n) is 5.62. The first kappa shape index (κ1) is 21.1. The highest BCUT2D eigenvalue weighted by Crippen LogP contribution is 2.22. The second kappa shape index (κ2) is 9.13. The molecule has 27 heavy (non-hydrogen) atoms. The van der Waals surface area contributed by atoms with E-state index in [1.165, 1.54) is 18.2 Å². The van der Waals surface area contributed by atoms with Crippen LogP contribution in [0.5, 0.6) is 0 Å². The molecule has 12 heteroatoms. The lowest BCUT2D eigenvalue weighted by Gasteiger charge is -2.18. The van der Waals surface area contributed by atoms with E-state index in [9.17, 15) is 9.60 Å². The molecule has 1 heterocycles. The molecule has 0 amide bonds. The third kappa shape index (κ3) is 5.16. The molecule has 2 N–H and O–H groups in total. The number of halogens is 2. The van der Waals surface area contributed by atoms with E-state index in [0.29, 0.717) is 18.1 Å². The van der Waals surface area contributed by atoms with E-state index < -0.39 is 15.4 Å². The fraction of sp³-hybridized carbons (Fsp3) is 0.400. The molecule has 0 aliphatic carbocycles. The highest BCUT2D eigenvalue weighted by Gasteiger charge is 2.21. The lowest BCUT2D eigenvalue weighted by Crippen LogP contribution is -2.27. The Bertz CT molecular complexity index is 939. The zero-order valence-corrected chi connectivity index (χ0v) is 17.8. The van der Waals surface area contributed by atoms with Crippen molar-refractivity contribution in [1.29, 1.82) is 0 Å². The summed E-state index contributed by atoms with van der Waals surface area (Å²) in [7, 11) is 3.93. The number of benzene rings is 1. The van der Waals surface area contributed by atoms with E-state index in [1.54, 1.807) is 14.1 Å². The number of hydrogen-bond donors (Lipinski definition) is 2. The van der Waals surface area contributed by atoms with E-state index in [0.717, 1.165) is 5.75 Å². The molecular formula is C15H21BrFN7O2S. The van der Waals surface area contributed by atoms with Crippen LogP contribution in [0.1, 0.15) is 5.69 Å². The van der Waals surface area contributed by atoms with Gasteiger partial charge in [0.25, 0.3) is 0 Å². The molecule has 0 fully saturated rings. The third-order valence-electron chi connectivity index (χ3n) is 3.94. The first-order chi connectivity index (χ1) is 12.8. The van der Waals surface area contributed by atoms with Gasteiger partial charge >= 0.3 is 0 Å². The van der Waals surface area contributed by atoms with E-state index in [2.05, 4.69) is 45.4 Å². The first-order valence-corrected chi connectivity index (χ1v) is 10.7. The Hall–Kier alpha value is -2.21. The zero-order chi connectivity index (χ0) is 20.0. The lowest BCUT2D eigenvalue weighted by atomic mass is 10.3. The summed E-state index contributed by atoms with van der Waals surface area (Å²) in [6, 6.07) is 4.29. The monoisotopic (exact) mass is 461 g/mol. The summed E-state index contributed by atoms with van der Waals surface area (Å²) in [5, 5.41) is 23.2. The Labute approximate surface area is 165 Å². The minimum Gasteiger partial charge on any atom is -0.409 e. The average molecular weight is 462 g/mol. The Morgan fingerprint density at radius 3 is 2.67 bits per heavy atom. The van der Waals surface area contributed by atoms with E-state index in [4.69, 9.17) is 4.63 Å². The molecule has 2 rings (SSSR count). The minimum atomic E-state index is -1.40. The smallest absolute Gasteiger partial charge is 0.204 e. The third-order valence-corrected chi connectivity index (χ3v) is 7.08. The van der Waals surface area contributed by atoms with Crippen molar-refractivity contribution in [2.75, 3.05) is 49.9 Å². The summed E-state index contributed by atoms with van der Waals surface area (Å²) in [4.78, 5) is 1.82. The fourth-order valence-corrected chi connectivity index (χ4v) is 3.63. The van der Waals surface area contributed by atoms with Crippen LogP contribution in [-0.2, 0) is 9.62 Å². The largest absolute Gasteiger partial charge is 0.409 e. The van der Waals surface area contributed by atoms with Gasteiger partial charge in [-0.15, -0.1) is 0 Å². The van der Waals surface area contributed by atoms with Gasteiger partial charge in [-0.3, -0.25) is 8.73 Å². The molecular weight excluding hydrogens is 441 g/mol. The molecule has 9 nitrogen and oxygen atoms in total. The van der Waals surface area contributed by atoms with Gasteiger partial charge in [-0.05, 0) is 44.4 Å². The average Bonchev–Trinajstić information content (AvgIpc) is 3.16. The van der Waals surface area contributed by atoms with Gasteiger partial charge in [0, 0.05) is 45.4 Å². The van der Waals surface area contributed by atoms with Crippen LogP contribution in [0, 0.1) is 5.82 Å². The van der Waals surface area contributed by atoms with Crippen LogP contribution < -0.4 is 10.2 Å². The Kier molecular flexibility index (Phi) is 7.13. The molecule has 0 spiro atoms. The van der Waals surface area contributed by atoms with Gasteiger partial charge in [-0.2, -0.15) is 0 Å². The van der Waals surface area contributed by atoms with Gasteiger partial charge in [0.1, 0.15) is 5.82 Å². The number of amidine groups is 1. The summed E-state index contributed by atoms with van der Waals surface area (Å²) in [5.74, 6) is 0.740. The highest BCUT2D eigenvalue weighted by molar-refractivity contribution is 9.10. The van der Waals surface area contributed by atoms with Gasteiger partial charge in [0.05, 0.1) is 4.47 Å². The molecule has 0 unspecified atom stereocenters. The number of rotatable bonds is 6. The zero-order valence-electron chi connectivity index (χ0n) is 15.3. The van der Waals surface area contributed by atoms with Crippen LogP contribution in [0.3, 0.4) is 0 Å². The van der Waals surface area contributed by atoms with Crippen molar-refractivity contribution in [3.05, 3.63) is 34.2 Å². The summed E-state index contributed by atoms with van der Waals surface area (Å²) >= 11 is 3.11. The topological polar surface area (TPSA) is 112 Å². The van der Waals surface area contributed by atoms with Crippen molar-refractivity contribution >= 4 is 42.9 Å². The van der Waals surface area contributed by atoms with Gasteiger partial charge in [-0.25, -0.2) is 9.02 Å². The number of aromatic nitrogens is 2. The van der Waals surface area contributed by atoms with Crippen LogP contribution in [-0.4, -0.2) is 61.1 Å². The van der Waals surface area contributed by atoms with Crippen molar-refractivity contribution < 1.29 is 14.2 Å². The molecule has 0 aliphatic heterocycles. The van der Waals surface area contributed by atoms with Gasteiger partial charge in [0.15, 0.2) is 5.69 Å². The van der Waals surface area contributed by atoms with Crippen molar-refractivity contribution in [2.45, 2.75) is 0 Å². The molecule has 0 radical (unpaired) electrons. The predicted molar refractivity (Wildman–Crippen MR) is 108 cm³/mol. The van der Waals surface area contributed by atoms with Crippen molar-refractivity contribution in [1.82, 2.24) is 10.3 Å². The number of nitrogens with one attached hydrogen (secondary N) is 1. The summed E-state index contributed by atoms with van der Waals surface area (Å²) in [5.41, 5.74) is 0.721. The van der Waals surface area contributed by atoms with E-state index >= 15 is 0 Å². The van der Waals surface area contributed by atoms with Crippen LogP contribution in [0.2, 0.25) is 0 Å². The molecule has 0 saturated carbocycles. The number of hydrogen-bond acceptors (Lipinski definition) is 8. The normalized spacial score (nSPS) is 12.0. The Morgan fingerprint density at radius 2 is 2.07 bits per heavy atom. The maximum absolute atomic E-state index is 13.4. The van der Waals surface area contributed by atoms with Crippen LogP contribution >= 0.6 is 15.9 Å². The molecule has 2 aromatic rings. The molecule has 0 saturated heterocycles. The first-order valence-electron chi connectivity index (χ1n) is 7.80. The van der Waals surface area contributed by atoms with Gasteiger partial charge in [0.2, 0.25) is 11.7 Å². The van der Waals surface area contributed by atoms with Gasteiger partial charge in [-0.1, -0.05) is 14.8 Å². The van der Waals surface area contributed by atoms with Crippen molar-refractivity contribution in [3.63, 3.8) is 0 Å². The van der Waals surface area contributed by atoms with Gasteiger partial charge < -0.3 is 15.4 Å². The van der Waals surface area contributed by atoms with Crippen molar-refractivity contribution in [2.24, 2.45) is 13.9 Å². The predicted octanol–water partition coefficient (Wildman–Crippen LogP) is 3.07. The van der Waals surface area contributed by atoms with Crippen LogP contribution in [0.15, 0.2) is 41.2 Å². The van der Waals surface area contributed by atoms with Crippen LogP contribution in [0.25, 0.3) is 0 Å². The highest BCUT2D eigenvalue weighted by atomic mass is 79.9. The van der Waals surface area contributed by atoms with Crippen molar-refractivity contribution in [3.8, 4) is 0 Å². The Balaban J connectivity index is 2.21. The number of anilines is 2. The summed E-state index contributed by atoms with van der Waals surface area (Å²) < 4.78 is 27.2. The molecule has 0 aliphatic rings. The quantitative estimate of drug-likeness (QED) is 0.296. The maximum atomic E-state index is 13.4. The Morgan fingerprint density at radius 1 is 1.37 bits per heavy atom. The van der Waals surface area contributed by atoms with E-state index in [-0.39, 0.29) is 16.0 Å². The fourth-order valence-electron chi connectivity index (χ4n) is 2.11. The molecule has 0 atom stereocenters. The molecule has 148 valence electrons. The second-order valence-corrected chi connectivity index (χ2v) is 9.60. The summed E-state index contributed by atoms with van der Waals surface area (Å²) in [6.45, 7) is 0.600. The molecule has 1 aromatic carbocycles. The summed E-state index contributed by atoms with van der Waals surface area (Å²) in [6.07, 6.45) is 2.01. The standard InChI is InChI=1S/C15H21BrFN7O2S/c1-18-27(4,19-2)8-7-24(3)15-13(22-26-23-15)14(21-25)20-10-5-6-12(17)11(16)9-10/h5-6,9,25H,7-8H2,1-4H3,(H,20,21). The van der Waals surface area contributed by atoms with Crippen LogP contribution in [0.4, 0.5) is 15.9 Å². The number of nitrogens with zero attached hydrogens (tertiary/aromatic N) is 6. The lowest BCUT2D eigenvalue weighted by molar-refractivity contribution is 0.304. The maximum Gasteiger partial charge on any atom is 0.204 e.